The van der Waals surface area contributed by atoms with Crippen molar-refractivity contribution in [3.05, 3.63) is 48.3 Å². The van der Waals surface area contributed by atoms with Crippen LogP contribution in [-0.4, -0.2) is 50.6 Å². The lowest BCUT2D eigenvalue weighted by Crippen LogP contribution is -2.47. The maximum atomic E-state index is 12.1. The van der Waals surface area contributed by atoms with Crippen molar-refractivity contribution in [2.45, 2.75) is 50.3 Å². The molecule has 6 nitrogen and oxygen atoms in total. The standard InChI is InChI=1S/C21H31N5OS.HI/c1-3-28(27)20-11-7-8-18(14-20)25-21(22-2)23-13-12-17-15-24-26(16-17)19-9-5-4-6-10-19;/h4-6,9-10,15-16,18,20H,3,7-8,11-14H2,1-2H3,(H2,22,23,25);1H. The molecule has 160 valence electrons. The van der Waals surface area contributed by atoms with Crippen molar-refractivity contribution < 1.29 is 4.21 Å². The van der Waals surface area contributed by atoms with Gasteiger partial charge in [-0.3, -0.25) is 9.20 Å². The Labute approximate surface area is 193 Å². The number of aliphatic imine (C=N–C) groups is 1. The summed E-state index contributed by atoms with van der Waals surface area (Å²) in [6, 6.07) is 10.5. The maximum Gasteiger partial charge on any atom is 0.191 e. The van der Waals surface area contributed by atoms with Crippen molar-refractivity contribution in [3.8, 4) is 5.69 Å². The third-order valence-corrected chi connectivity index (χ3v) is 6.95. The minimum Gasteiger partial charge on any atom is -0.356 e. The Morgan fingerprint density at radius 2 is 2.10 bits per heavy atom. The molecule has 3 rings (SSSR count). The van der Waals surface area contributed by atoms with E-state index in [1.165, 1.54) is 5.56 Å². The van der Waals surface area contributed by atoms with E-state index in [0.717, 1.165) is 56.0 Å². The minimum absolute atomic E-state index is 0. The number of benzene rings is 1. The van der Waals surface area contributed by atoms with Gasteiger partial charge in [0, 0.05) is 47.6 Å². The molecule has 1 fully saturated rings. The monoisotopic (exact) mass is 529 g/mol. The number of hydrogen-bond donors (Lipinski definition) is 2. The van der Waals surface area contributed by atoms with E-state index in [-0.39, 0.29) is 24.0 Å². The van der Waals surface area contributed by atoms with Gasteiger partial charge in [0.15, 0.2) is 5.96 Å². The third kappa shape index (κ3) is 7.09. The average molecular weight is 529 g/mol. The van der Waals surface area contributed by atoms with Crippen molar-refractivity contribution in [1.29, 1.82) is 0 Å². The molecule has 3 atom stereocenters. The van der Waals surface area contributed by atoms with E-state index in [9.17, 15) is 4.21 Å². The molecule has 1 saturated carbocycles. The molecule has 8 heteroatoms. The molecule has 1 heterocycles. The number of nitrogens with zero attached hydrogens (tertiary/aromatic N) is 3. The van der Waals surface area contributed by atoms with Crippen LogP contribution in [0.15, 0.2) is 47.7 Å². The van der Waals surface area contributed by atoms with E-state index in [0.29, 0.717) is 11.3 Å². The van der Waals surface area contributed by atoms with E-state index in [1.807, 2.05) is 48.1 Å². The van der Waals surface area contributed by atoms with Crippen LogP contribution in [0.1, 0.15) is 38.2 Å². The van der Waals surface area contributed by atoms with Crippen molar-refractivity contribution in [1.82, 2.24) is 20.4 Å². The summed E-state index contributed by atoms with van der Waals surface area (Å²) in [5, 5.41) is 11.7. The Morgan fingerprint density at radius 1 is 1.31 bits per heavy atom. The fourth-order valence-electron chi connectivity index (χ4n) is 3.67. The fourth-order valence-corrected chi connectivity index (χ4v) is 5.02. The zero-order chi connectivity index (χ0) is 19.8. The van der Waals surface area contributed by atoms with E-state index in [4.69, 9.17) is 0 Å². The minimum atomic E-state index is -0.704. The molecule has 29 heavy (non-hydrogen) atoms. The summed E-state index contributed by atoms with van der Waals surface area (Å²) in [6.07, 6.45) is 9.14. The Hall–Kier alpha value is -1.42. The van der Waals surface area contributed by atoms with Gasteiger partial charge < -0.3 is 10.6 Å². The van der Waals surface area contributed by atoms with Crippen LogP contribution in [0.5, 0.6) is 0 Å². The molecule has 0 bridgehead atoms. The Morgan fingerprint density at radius 3 is 2.83 bits per heavy atom. The van der Waals surface area contributed by atoms with Gasteiger partial charge in [0.2, 0.25) is 0 Å². The predicted octanol–water partition coefficient (Wildman–Crippen LogP) is 3.28. The Kier molecular flexibility index (Phi) is 10.1. The number of aromatic nitrogens is 2. The van der Waals surface area contributed by atoms with Gasteiger partial charge in [-0.1, -0.05) is 31.5 Å². The number of nitrogens with one attached hydrogen (secondary N) is 2. The Balaban J connectivity index is 0.00000300. The molecule has 0 spiro atoms. The third-order valence-electron chi connectivity index (χ3n) is 5.21. The lowest BCUT2D eigenvalue weighted by atomic mass is 9.95. The van der Waals surface area contributed by atoms with Crippen LogP contribution in [0, 0.1) is 0 Å². The lowest BCUT2D eigenvalue weighted by Gasteiger charge is -2.30. The SMILES string of the molecule is CCS(=O)C1CCCC(NC(=NC)NCCc2cnn(-c3ccccc3)c2)C1.I. The molecule has 0 radical (unpaired) electrons. The van der Waals surface area contributed by atoms with E-state index in [2.05, 4.69) is 26.9 Å². The molecule has 0 aliphatic heterocycles. The van der Waals surface area contributed by atoms with Gasteiger partial charge in [-0.25, -0.2) is 4.68 Å². The predicted molar refractivity (Wildman–Crippen MR) is 132 cm³/mol. The van der Waals surface area contributed by atoms with E-state index in [1.54, 1.807) is 7.05 Å². The van der Waals surface area contributed by atoms with Gasteiger partial charge in [0.05, 0.1) is 11.9 Å². The molecular weight excluding hydrogens is 497 g/mol. The van der Waals surface area contributed by atoms with Crippen LogP contribution in [0.2, 0.25) is 0 Å². The van der Waals surface area contributed by atoms with Crippen molar-refractivity contribution in [2.75, 3.05) is 19.3 Å². The number of halogens is 1. The van der Waals surface area contributed by atoms with Crippen LogP contribution >= 0.6 is 24.0 Å². The van der Waals surface area contributed by atoms with Crippen LogP contribution in [0.3, 0.4) is 0 Å². The summed E-state index contributed by atoms with van der Waals surface area (Å²) in [5.41, 5.74) is 2.25. The molecule has 1 aliphatic rings. The molecule has 3 unspecified atom stereocenters. The second kappa shape index (κ2) is 12.3. The van der Waals surface area contributed by atoms with Crippen LogP contribution in [0.25, 0.3) is 5.69 Å². The summed E-state index contributed by atoms with van der Waals surface area (Å²) in [4.78, 5) is 4.35. The van der Waals surface area contributed by atoms with Gasteiger partial charge in [-0.15, -0.1) is 24.0 Å². The molecule has 2 N–H and O–H groups in total. The normalized spacial score (nSPS) is 20.6. The first-order valence-electron chi connectivity index (χ1n) is 10.1. The van der Waals surface area contributed by atoms with Gasteiger partial charge in [0.25, 0.3) is 0 Å². The van der Waals surface area contributed by atoms with Gasteiger partial charge in [-0.05, 0) is 43.4 Å². The van der Waals surface area contributed by atoms with Gasteiger partial charge >= 0.3 is 0 Å². The number of hydrogen-bond acceptors (Lipinski definition) is 3. The van der Waals surface area contributed by atoms with Crippen molar-refractivity contribution in [3.63, 3.8) is 0 Å². The Bertz CT molecular complexity index is 795. The summed E-state index contributed by atoms with van der Waals surface area (Å²) in [6.45, 7) is 2.80. The topological polar surface area (TPSA) is 71.3 Å². The van der Waals surface area contributed by atoms with Crippen molar-refractivity contribution >= 4 is 40.7 Å². The molecule has 1 aromatic carbocycles. The zero-order valence-corrected chi connectivity index (χ0v) is 20.4. The molecule has 0 saturated heterocycles. The first kappa shape index (κ1) is 23.9. The molecule has 1 aliphatic carbocycles. The largest absolute Gasteiger partial charge is 0.356 e. The summed E-state index contributed by atoms with van der Waals surface area (Å²) in [5.74, 6) is 1.57. The number of para-hydroxylation sites is 1. The van der Waals surface area contributed by atoms with Crippen LogP contribution in [0.4, 0.5) is 0 Å². The van der Waals surface area contributed by atoms with Gasteiger partial charge in [0.1, 0.15) is 0 Å². The highest BCUT2D eigenvalue weighted by Gasteiger charge is 2.25. The second-order valence-electron chi connectivity index (χ2n) is 7.18. The first-order chi connectivity index (χ1) is 13.7. The van der Waals surface area contributed by atoms with E-state index >= 15 is 0 Å². The fraction of sp³-hybridized carbons (Fsp3) is 0.524. The smallest absolute Gasteiger partial charge is 0.191 e. The zero-order valence-electron chi connectivity index (χ0n) is 17.2. The van der Waals surface area contributed by atoms with Crippen LogP contribution < -0.4 is 10.6 Å². The van der Waals surface area contributed by atoms with Crippen molar-refractivity contribution in [2.24, 2.45) is 4.99 Å². The average Bonchev–Trinajstić information content (AvgIpc) is 3.22. The second-order valence-corrected chi connectivity index (χ2v) is 9.18. The highest BCUT2D eigenvalue weighted by atomic mass is 127. The van der Waals surface area contributed by atoms with E-state index < -0.39 is 10.8 Å². The summed E-state index contributed by atoms with van der Waals surface area (Å²) < 4.78 is 14.0. The number of rotatable bonds is 7. The van der Waals surface area contributed by atoms with Gasteiger partial charge in [-0.2, -0.15) is 5.10 Å². The summed E-state index contributed by atoms with van der Waals surface area (Å²) in [7, 11) is 1.09. The first-order valence-corrected chi connectivity index (χ1v) is 11.5. The number of guanidine groups is 1. The lowest BCUT2D eigenvalue weighted by molar-refractivity contribution is 0.413. The molecule has 2 aromatic rings. The maximum absolute atomic E-state index is 12.1. The molecule has 1 aromatic heterocycles. The molecule has 0 amide bonds. The highest BCUT2D eigenvalue weighted by molar-refractivity contribution is 14.0. The van der Waals surface area contributed by atoms with Crippen LogP contribution in [-0.2, 0) is 17.2 Å². The highest BCUT2D eigenvalue weighted by Crippen LogP contribution is 2.22. The molecular formula is C21H32IN5OS. The quantitative estimate of drug-likeness (QED) is 0.328. The summed E-state index contributed by atoms with van der Waals surface area (Å²) >= 11 is 0.